The van der Waals surface area contributed by atoms with Crippen LogP contribution in [0.3, 0.4) is 0 Å². The highest BCUT2D eigenvalue weighted by Crippen LogP contribution is 2.17. The molecule has 0 atom stereocenters. The van der Waals surface area contributed by atoms with Gasteiger partial charge in [-0.25, -0.2) is 0 Å². The number of pyridine rings is 1. The van der Waals surface area contributed by atoms with Crippen molar-refractivity contribution in [3.63, 3.8) is 0 Å². The highest BCUT2D eigenvalue weighted by Gasteiger charge is 2.08. The molecule has 0 radical (unpaired) electrons. The van der Waals surface area contributed by atoms with Crippen LogP contribution in [0.2, 0.25) is 0 Å². The number of carbonyl (C=O) groups excluding carboxylic acids is 2. The van der Waals surface area contributed by atoms with E-state index in [4.69, 9.17) is 0 Å². The first-order valence-corrected chi connectivity index (χ1v) is 8.27. The van der Waals surface area contributed by atoms with Gasteiger partial charge in [0.15, 0.2) is 0 Å². The van der Waals surface area contributed by atoms with Crippen LogP contribution in [0.15, 0.2) is 73.1 Å². The van der Waals surface area contributed by atoms with Crippen LogP contribution in [0.5, 0.6) is 0 Å². The Morgan fingerprint density at radius 1 is 0.923 bits per heavy atom. The molecule has 1 aromatic heterocycles. The maximum absolute atomic E-state index is 12.3. The van der Waals surface area contributed by atoms with E-state index < -0.39 is 0 Å². The highest BCUT2D eigenvalue weighted by atomic mass is 16.2. The molecule has 0 spiro atoms. The van der Waals surface area contributed by atoms with Crippen LogP contribution in [0.1, 0.15) is 21.5 Å². The van der Waals surface area contributed by atoms with Gasteiger partial charge in [-0.3, -0.25) is 14.6 Å². The van der Waals surface area contributed by atoms with Crippen LogP contribution in [0, 0.1) is 6.92 Å². The number of benzene rings is 2. The van der Waals surface area contributed by atoms with Gasteiger partial charge in [-0.05, 0) is 48.9 Å². The summed E-state index contributed by atoms with van der Waals surface area (Å²) in [4.78, 5) is 28.5. The van der Waals surface area contributed by atoms with Crippen molar-refractivity contribution in [3.05, 3.63) is 89.7 Å². The maximum atomic E-state index is 12.3. The fraction of sp³-hybridized carbons (Fsp3) is 0.0952. The van der Waals surface area contributed by atoms with E-state index >= 15 is 0 Å². The zero-order valence-corrected chi connectivity index (χ0v) is 14.4. The van der Waals surface area contributed by atoms with Gasteiger partial charge < -0.3 is 10.6 Å². The third-order valence-electron chi connectivity index (χ3n) is 3.77. The van der Waals surface area contributed by atoms with E-state index in [9.17, 15) is 9.59 Å². The topological polar surface area (TPSA) is 71.1 Å². The quantitative estimate of drug-likeness (QED) is 0.738. The lowest BCUT2D eigenvalue weighted by Gasteiger charge is -2.09. The number of nitrogens with zero attached hydrogens (tertiary/aromatic N) is 1. The van der Waals surface area contributed by atoms with E-state index in [0.717, 1.165) is 11.1 Å². The number of rotatable bonds is 5. The molecule has 2 N–H and O–H groups in total. The number of carbonyl (C=O) groups is 2. The molecule has 3 rings (SSSR count). The Morgan fingerprint density at radius 3 is 2.42 bits per heavy atom. The molecular formula is C21H19N3O2. The molecule has 0 saturated heterocycles. The van der Waals surface area contributed by atoms with E-state index in [2.05, 4.69) is 15.6 Å². The second-order valence-corrected chi connectivity index (χ2v) is 5.99. The summed E-state index contributed by atoms with van der Waals surface area (Å²) < 4.78 is 0. The molecule has 0 fully saturated rings. The standard InChI is InChI=1S/C21H19N3O2/c1-15-5-2-7-17(11-15)21(26)24-19-9-3-8-18(13-19)23-20(25)12-16-6-4-10-22-14-16/h2-11,13-14H,12H2,1H3,(H,23,25)(H,24,26). The van der Waals surface area contributed by atoms with Crippen LogP contribution in [-0.2, 0) is 11.2 Å². The van der Waals surface area contributed by atoms with Crippen molar-refractivity contribution in [1.29, 1.82) is 0 Å². The van der Waals surface area contributed by atoms with Crippen molar-refractivity contribution in [2.75, 3.05) is 10.6 Å². The van der Waals surface area contributed by atoms with Crippen molar-refractivity contribution in [1.82, 2.24) is 4.98 Å². The molecule has 5 heteroatoms. The Balaban J connectivity index is 1.64. The van der Waals surface area contributed by atoms with Gasteiger partial charge in [0, 0.05) is 29.3 Å². The first-order valence-electron chi connectivity index (χ1n) is 8.27. The Kier molecular flexibility index (Phi) is 5.39. The van der Waals surface area contributed by atoms with Crippen molar-refractivity contribution < 1.29 is 9.59 Å². The molecule has 26 heavy (non-hydrogen) atoms. The van der Waals surface area contributed by atoms with Crippen molar-refractivity contribution in [2.24, 2.45) is 0 Å². The molecule has 0 aliphatic rings. The fourth-order valence-electron chi connectivity index (χ4n) is 2.56. The van der Waals surface area contributed by atoms with Crippen LogP contribution in [0.4, 0.5) is 11.4 Å². The third kappa shape index (κ3) is 4.77. The normalized spacial score (nSPS) is 10.2. The fourth-order valence-corrected chi connectivity index (χ4v) is 2.56. The average Bonchev–Trinajstić information content (AvgIpc) is 2.62. The van der Waals surface area contributed by atoms with E-state index in [1.807, 2.05) is 31.2 Å². The molecule has 1 heterocycles. The SMILES string of the molecule is Cc1cccc(C(=O)Nc2cccc(NC(=O)Cc3cccnc3)c2)c1. The Labute approximate surface area is 152 Å². The summed E-state index contributed by atoms with van der Waals surface area (Å²) in [6.07, 6.45) is 3.58. The minimum Gasteiger partial charge on any atom is -0.326 e. The summed E-state index contributed by atoms with van der Waals surface area (Å²) in [6.45, 7) is 1.94. The summed E-state index contributed by atoms with van der Waals surface area (Å²) in [5, 5.41) is 5.68. The molecule has 0 saturated carbocycles. The lowest BCUT2D eigenvalue weighted by molar-refractivity contribution is -0.115. The number of aryl methyl sites for hydroxylation is 1. The van der Waals surface area contributed by atoms with Gasteiger partial charge in [0.2, 0.25) is 5.91 Å². The van der Waals surface area contributed by atoms with Gasteiger partial charge in [0.25, 0.3) is 5.91 Å². The summed E-state index contributed by atoms with van der Waals surface area (Å²) in [6, 6.07) is 18.1. The predicted octanol–water partition coefficient (Wildman–Crippen LogP) is 3.82. The molecular weight excluding hydrogens is 326 g/mol. The third-order valence-corrected chi connectivity index (χ3v) is 3.77. The summed E-state index contributed by atoms with van der Waals surface area (Å²) in [7, 11) is 0. The number of anilines is 2. The summed E-state index contributed by atoms with van der Waals surface area (Å²) >= 11 is 0. The molecule has 0 aliphatic carbocycles. The van der Waals surface area contributed by atoms with Gasteiger partial charge in [-0.1, -0.05) is 29.8 Å². The van der Waals surface area contributed by atoms with E-state index in [0.29, 0.717) is 16.9 Å². The van der Waals surface area contributed by atoms with Crippen molar-refractivity contribution in [2.45, 2.75) is 13.3 Å². The monoisotopic (exact) mass is 345 g/mol. The zero-order chi connectivity index (χ0) is 18.4. The Morgan fingerprint density at radius 2 is 1.69 bits per heavy atom. The minimum absolute atomic E-state index is 0.139. The van der Waals surface area contributed by atoms with Crippen LogP contribution in [-0.4, -0.2) is 16.8 Å². The number of hydrogen-bond donors (Lipinski definition) is 2. The van der Waals surface area contributed by atoms with Crippen LogP contribution >= 0.6 is 0 Å². The number of amides is 2. The molecule has 0 aliphatic heterocycles. The molecule has 2 aromatic carbocycles. The first-order chi connectivity index (χ1) is 12.6. The largest absolute Gasteiger partial charge is 0.326 e. The second-order valence-electron chi connectivity index (χ2n) is 5.99. The predicted molar refractivity (Wildman–Crippen MR) is 102 cm³/mol. The maximum Gasteiger partial charge on any atom is 0.255 e. The number of nitrogens with one attached hydrogen (secondary N) is 2. The average molecular weight is 345 g/mol. The summed E-state index contributed by atoms with van der Waals surface area (Å²) in [5.41, 5.74) is 3.70. The zero-order valence-electron chi connectivity index (χ0n) is 14.4. The van der Waals surface area contributed by atoms with Gasteiger partial charge in [0.05, 0.1) is 6.42 Å². The smallest absolute Gasteiger partial charge is 0.255 e. The van der Waals surface area contributed by atoms with Gasteiger partial charge in [-0.2, -0.15) is 0 Å². The van der Waals surface area contributed by atoms with Crippen molar-refractivity contribution >= 4 is 23.2 Å². The molecule has 2 amide bonds. The molecule has 130 valence electrons. The van der Waals surface area contributed by atoms with Crippen LogP contribution in [0.25, 0.3) is 0 Å². The number of hydrogen-bond acceptors (Lipinski definition) is 3. The van der Waals surface area contributed by atoms with Gasteiger partial charge in [-0.15, -0.1) is 0 Å². The lowest BCUT2D eigenvalue weighted by atomic mass is 10.1. The van der Waals surface area contributed by atoms with Crippen LogP contribution < -0.4 is 10.6 Å². The number of aromatic nitrogens is 1. The molecule has 0 unspecified atom stereocenters. The van der Waals surface area contributed by atoms with Gasteiger partial charge >= 0.3 is 0 Å². The van der Waals surface area contributed by atoms with E-state index in [1.54, 1.807) is 48.8 Å². The van der Waals surface area contributed by atoms with Crippen molar-refractivity contribution in [3.8, 4) is 0 Å². The lowest BCUT2D eigenvalue weighted by Crippen LogP contribution is -2.15. The first kappa shape index (κ1) is 17.4. The van der Waals surface area contributed by atoms with E-state index in [1.165, 1.54) is 0 Å². The minimum atomic E-state index is -0.187. The Bertz CT molecular complexity index is 923. The molecule has 0 bridgehead atoms. The van der Waals surface area contributed by atoms with Gasteiger partial charge in [0.1, 0.15) is 0 Å². The Hall–Kier alpha value is -3.47. The highest BCUT2D eigenvalue weighted by molar-refractivity contribution is 6.04. The summed E-state index contributed by atoms with van der Waals surface area (Å²) in [5.74, 6) is -0.326. The van der Waals surface area contributed by atoms with E-state index in [-0.39, 0.29) is 18.2 Å². The second kappa shape index (κ2) is 8.07. The molecule has 5 nitrogen and oxygen atoms in total. The molecule has 3 aromatic rings.